The molecular formula is C11H16ClN3. The van der Waals surface area contributed by atoms with Crippen molar-refractivity contribution in [1.82, 2.24) is 9.97 Å². The summed E-state index contributed by atoms with van der Waals surface area (Å²) in [4.78, 5) is 10.7. The lowest BCUT2D eigenvalue weighted by Gasteiger charge is -2.22. The van der Waals surface area contributed by atoms with Gasteiger partial charge in [-0.15, -0.1) is 0 Å². The molecule has 0 aliphatic heterocycles. The van der Waals surface area contributed by atoms with Gasteiger partial charge in [0.15, 0.2) is 0 Å². The Hall–Kier alpha value is -0.830. The van der Waals surface area contributed by atoms with Crippen LogP contribution < -0.4 is 4.90 Å². The van der Waals surface area contributed by atoms with Gasteiger partial charge in [0, 0.05) is 24.3 Å². The Kier molecular flexibility index (Phi) is 3.10. The summed E-state index contributed by atoms with van der Waals surface area (Å²) in [6, 6.07) is 2.69. The SMILES string of the molecule is CCCN(c1cc(C)nc(Cl)n1)C1CC1. The molecule has 1 fully saturated rings. The number of nitrogens with zero attached hydrogens (tertiary/aromatic N) is 3. The largest absolute Gasteiger partial charge is 0.353 e. The van der Waals surface area contributed by atoms with Gasteiger partial charge in [-0.1, -0.05) is 6.92 Å². The third-order valence-electron chi connectivity index (χ3n) is 2.56. The zero-order valence-corrected chi connectivity index (χ0v) is 9.96. The molecule has 0 radical (unpaired) electrons. The maximum Gasteiger partial charge on any atom is 0.224 e. The van der Waals surface area contributed by atoms with Crippen molar-refractivity contribution in [2.75, 3.05) is 11.4 Å². The number of anilines is 1. The maximum absolute atomic E-state index is 5.87. The molecule has 1 heterocycles. The second kappa shape index (κ2) is 4.35. The molecule has 0 unspecified atom stereocenters. The van der Waals surface area contributed by atoms with Gasteiger partial charge >= 0.3 is 0 Å². The van der Waals surface area contributed by atoms with Crippen LogP contribution in [0, 0.1) is 6.92 Å². The smallest absolute Gasteiger partial charge is 0.224 e. The van der Waals surface area contributed by atoms with Crippen molar-refractivity contribution in [2.45, 2.75) is 39.2 Å². The number of hydrogen-bond acceptors (Lipinski definition) is 3. The van der Waals surface area contributed by atoms with Crippen molar-refractivity contribution in [3.05, 3.63) is 17.0 Å². The first kappa shape index (κ1) is 10.7. The molecule has 0 amide bonds. The van der Waals surface area contributed by atoms with Crippen LogP contribution in [0.25, 0.3) is 0 Å². The molecule has 1 aromatic heterocycles. The molecule has 1 aliphatic carbocycles. The molecule has 3 nitrogen and oxygen atoms in total. The number of hydrogen-bond donors (Lipinski definition) is 0. The average Bonchev–Trinajstić information content (AvgIpc) is 2.95. The Morgan fingerprint density at radius 1 is 1.47 bits per heavy atom. The predicted octanol–water partition coefficient (Wildman–Crippen LogP) is 2.82. The van der Waals surface area contributed by atoms with Crippen LogP contribution in [0.1, 0.15) is 31.9 Å². The summed E-state index contributed by atoms with van der Waals surface area (Å²) in [5.74, 6) is 0.983. The van der Waals surface area contributed by atoms with Gasteiger partial charge in [0.2, 0.25) is 5.28 Å². The summed E-state index contributed by atoms with van der Waals surface area (Å²) in [6.45, 7) is 5.19. The third kappa shape index (κ3) is 2.59. The highest BCUT2D eigenvalue weighted by Crippen LogP contribution is 2.31. The maximum atomic E-state index is 5.87. The fourth-order valence-corrected chi connectivity index (χ4v) is 1.99. The predicted molar refractivity (Wildman–Crippen MR) is 62.4 cm³/mol. The molecule has 1 saturated carbocycles. The van der Waals surface area contributed by atoms with E-state index in [1.165, 1.54) is 12.8 Å². The summed E-state index contributed by atoms with van der Waals surface area (Å²) in [5, 5.41) is 0.353. The molecule has 1 aliphatic rings. The lowest BCUT2D eigenvalue weighted by atomic mass is 10.3. The quantitative estimate of drug-likeness (QED) is 0.738. The third-order valence-corrected chi connectivity index (χ3v) is 2.73. The summed E-state index contributed by atoms with van der Waals surface area (Å²) in [6.07, 6.45) is 3.69. The van der Waals surface area contributed by atoms with Gasteiger partial charge in [0.25, 0.3) is 0 Å². The van der Waals surface area contributed by atoms with Crippen molar-refractivity contribution in [3.8, 4) is 0 Å². The first-order valence-corrected chi connectivity index (χ1v) is 5.86. The molecule has 2 rings (SSSR count). The number of aryl methyl sites for hydroxylation is 1. The first-order valence-electron chi connectivity index (χ1n) is 5.48. The molecule has 1 aromatic rings. The van der Waals surface area contributed by atoms with E-state index in [1.807, 2.05) is 13.0 Å². The Balaban J connectivity index is 2.24. The Morgan fingerprint density at radius 2 is 2.20 bits per heavy atom. The zero-order valence-electron chi connectivity index (χ0n) is 9.20. The average molecular weight is 226 g/mol. The number of rotatable bonds is 4. The monoisotopic (exact) mass is 225 g/mol. The second-order valence-electron chi connectivity index (χ2n) is 4.06. The molecular weight excluding hydrogens is 210 g/mol. The fourth-order valence-electron chi connectivity index (χ4n) is 1.77. The minimum atomic E-state index is 0.353. The highest BCUT2D eigenvalue weighted by atomic mass is 35.5. The van der Waals surface area contributed by atoms with Gasteiger partial charge in [-0.25, -0.2) is 9.97 Å². The lowest BCUT2D eigenvalue weighted by Crippen LogP contribution is -2.27. The normalized spacial score (nSPS) is 15.4. The van der Waals surface area contributed by atoms with Gasteiger partial charge < -0.3 is 4.90 Å². The van der Waals surface area contributed by atoms with E-state index in [0.717, 1.165) is 24.5 Å². The van der Waals surface area contributed by atoms with Crippen LogP contribution in [0.2, 0.25) is 5.28 Å². The summed E-state index contributed by atoms with van der Waals surface area (Å²) in [5.41, 5.74) is 0.937. The Bertz CT molecular complexity index is 329. The highest BCUT2D eigenvalue weighted by molar-refractivity contribution is 6.28. The van der Waals surface area contributed by atoms with Crippen LogP contribution in [0.15, 0.2) is 6.07 Å². The van der Waals surface area contributed by atoms with E-state index in [4.69, 9.17) is 11.6 Å². The Labute approximate surface area is 95.5 Å². The molecule has 0 N–H and O–H groups in total. The standard InChI is InChI=1S/C11H16ClN3/c1-3-6-15(9-4-5-9)10-7-8(2)13-11(12)14-10/h7,9H,3-6H2,1-2H3. The van der Waals surface area contributed by atoms with E-state index in [-0.39, 0.29) is 0 Å². The molecule has 0 atom stereocenters. The minimum Gasteiger partial charge on any atom is -0.353 e. The van der Waals surface area contributed by atoms with E-state index >= 15 is 0 Å². The summed E-state index contributed by atoms with van der Waals surface area (Å²) < 4.78 is 0. The first-order chi connectivity index (χ1) is 7.20. The highest BCUT2D eigenvalue weighted by Gasteiger charge is 2.29. The molecule has 0 aromatic carbocycles. The topological polar surface area (TPSA) is 29.0 Å². The molecule has 0 saturated heterocycles. The van der Waals surface area contributed by atoms with Crippen LogP contribution in [0.4, 0.5) is 5.82 Å². The van der Waals surface area contributed by atoms with E-state index in [1.54, 1.807) is 0 Å². The van der Waals surface area contributed by atoms with Gasteiger partial charge in [0.1, 0.15) is 5.82 Å². The summed E-state index contributed by atoms with van der Waals surface area (Å²) >= 11 is 5.87. The second-order valence-corrected chi connectivity index (χ2v) is 4.40. The van der Waals surface area contributed by atoms with Crippen LogP contribution >= 0.6 is 11.6 Å². The summed E-state index contributed by atoms with van der Waals surface area (Å²) in [7, 11) is 0. The van der Waals surface area contributed by atoms with Crippen LogP contribution in [-0.4, -0.2) is 22.6 Å². The number of halogens is 1. The van der Waals surface area contributed by atoms with Gasteiger partial charge in [-0.3, -0.25) is 0 Å². The van der Waals surface area contributed by atoms with Crippen LogP contribution in [0.3, 0.4) is 0 Å². The van der Waals surface area contributed by atoms with Crippen molar-refractivity contribution >= 4 is 17.4 Å². The van der Waals surface area contributed by atoms with E-state index < -0.39 is 0 Å². The molecule has 4 heteroatoms. The lowest BCUT2D eigenvalue weighted by molar-refractivity contribution is 0.747. The van der Waals surface area contributed by atoms with E-state index in [9.17, 15) is 0 Å². The van der Waals surface area contributed by atoms with Gasteiger partial charge in [0.05, 0.1) is 0 Å². The van der Waals surface area contributed by atoms with Gasteiger partial charge in [-0.2, -0.15) is 0 Å². The Morgan fingerprint density at radius 3 is 2.73 bits per heavy atom. The van der Waals surface area contributed by atoms with Crippen molar-refractivity contribution in [1.29, 1.82) is 0 Å². The van der Waals surface area contributed by atoms with Crippen molar-refractivity contribution in [3.63, 3.8) is 0 Å². The van der Waals surface area contributed by atoms with Crippen LogP contribution in [-0.2, 0) is 0 Å². The van der Waals surface area contributed by atoms with Gasteiger partial charge in [-0.05, 0) is 37.8 Å². The molecule has 0 spiro atoms. The molecule has 15 heavy (non-hydrogen) atoms. The van der Waals surface area contributed by atoms with Crippen molar-refractivity contribution < 1.29 is 0 Å². The van der Waals surface area contributed by atoms with E-state index in [0.29, 0.717) is 11.3 Å². The zero-order chi connectivity index (χ0) is 10.8. The fraction of sp³-hybridized carbons (Fsp3) is 0.636. The number of aromatic nitrogens is 2. The van der Waals surface area contributed by atoms with Crippen LogP contribution in [0.5, 0.6) is 0 Å². The minimum absolute atomic E-state index is 0.353. The van der Waals surface area contributed by atoms with Crippen molar-refractivity contribution in [2.24, 2.45) is 0 Å². The molecule has 82 valence electrons. The molecule has 0 bridgehead atoms. The van der Waals surface area contributed by atoms with E-state index in [2.05, 4.69) is 21.8 Å².